The summed E-state index contributed by atoms with van der Waals surface area (Å²) >= 11 is 0. The van der Waals surface area contributed by atoms with Crippen molar-refractivity contribution in [1.29, 1.82) is 0 Å². The number of fused-ring (bicyclic) bond motifs is 4. The average molecular weight is 1050 g/mol. The average Bonchev–Trinajstić information content (AvgIpc) is 4.26. The molecule has 0 amide bonds. The summed E-state index contributed by atoms with van der Waals surface area (Å²) in [6.45, 7) is 32.7. The lowest BCUT2D eigenvalue weighted by atomic mass is 10.1. The van der Waals surface area contributed by atoms with Gasteiger partial charge in [0.2, 0.25) is 0 Å². The predicted molar refractivity (Wildman–Crippen MR) is 328 cm³/mol. The molecule has 12 heteroatoms. The molecule has 4 heterocycles. The van der Waals surface area contributed by atoms with Gasteiger partial charge in [-0.05, 0) is 178 Å². The summed E-state index contributed by atoms with van der Waals surface area (Å²) in [5.74, 6) is 3.83. The van der Waals surface area contributed by atoms with Crippen molar-refractivity contribution in [2.45, 2.75) is 119 Å². The van der Waals surface area contributed by atoms with Crippen molar-refractivity contribution in [3.05, 3.63) is 132 Å². The van der Waals surface area contributed by atoms with Crippen molar-refractivity contribution >= 4 is 43.6 Å². The highest BCUT2D eigenvalue weighted by atomic mass is 16.5. The van der Waals surface area contributed by atoms with Crippen molar-refractivity contribution in [1.82, 2.24) is 39.5 Å². The molecule has 0 unspecified atom stereocenters. The SMILES string of the molecule is C=CCN(C)CCc1c[nH]c2cccc(OC)c12.CCCN(CCC)CCc1c[nH]c2cccc(OC)c12.CCN(CCc1c[nH]c2cccc(OC)c12)C(C)C.COc1cccc2[nH]cc(CCN(C(C)C)C(C)C)c12. The zero-order valence-electron chi connectivity index (χ0n) is 49.6. The van der Waals surface area contributed by atoms with Gasteiger partial charge < -0.3 is 53.6 Å². The lowest BCUT2D eigenvalue weighted by Gasteiger charge is -2.30. The van der Waals surface area contributed by atoms with Crippen LogP contribution >= 0.6 is 0 Å². The van der Waals surface area contributed by atoms with Crippen molar-refractivity contribution in [2.75, 3.05) is 87.8 Å². The van der Waals surface area contributed by atoms with Gasteiger partial charge >= 0.3 is 0 Å². The first-order valence-electron chi connectivity index (χ1n) is 28.3. The minimum Gasteiger partial charge on any atom is -0.496 e. The van der Waals surface area contributed by atoms with Crippen LogP contribution in [0, 0.1) is 0 Å². The first-order valence-corrected chi connectivity index (χ1v) is 28.3. The summed E-state index contributed by atoms with van der Waals surface area (Å²) in [5, 5.41) is 4.89. The molecule has 0 fully saturated rings. The quantitative estimate of drug-likeness (QED) is 0.0397. The van der Waals surface area contributed by atoms with Gasteiger partial charge in [-0.25, -0.2) is 0 Å². The Bertz CT molecular complexity index is 2930. The highest BCUT2D eigenvalue weighted by Gasteiger charge is 2.17. The molecule has 420 valence electrons. The van der Waals surface area contributed by atoms with Gasteiger partial charge in [0.05, 0.1) is 28.4 Å². The molecule has 4 N–H and O–H groups in total. The molecule has 0 aliphatic heterocycles. The molecule has 12 nitrogen and oxygen atoms in total. The van der Waals surface area contributed by atoms with E-state index in [-0.39, 0.29) is 0 Å². The second kappa shape index (κ2) is 31.9. The topological polar surface area (TPSA) is 113 Å². The number of hydrogen-bond donors (Lipinski definition) is 4. The Morgan fingerprint density at radius 3 is 1.09 bits per heavy atom. The largest absolute Gasteiger partial charge is 0.496 e. The van der Waals surface area contributed by atoms with Crippen LogP contribution in [0.5, 0.6) is 23.0 Å². The Kier molecular flexibility index (Phi) is 25.5. The Morgan fingerprint density at radius 1 is 0.455 bits per heavy atom. The summed E-state index contributed by atoms with van der Waals surface area (Å²) in [5.41, 5.74) is 9.94. The lowest BCUT2D eigenvalue weighted by Crippen LogP contribution is -2.38. The van der Waals surface area contributed by atoms with E-state index in [1.165, 1.54) is 69.7 Å². The van der Waals surface area contributed by atoms with Gasteiger partial charge in [0.15, 0.2) is 0 Å². The number of ether oxygens (including phenoxy) is 4. The van der Waals surface area contributed by atoms with Crippen molar-refractivity contribution in [3.8, 4) is 23.0 Å². The van der Waals surface area contributed by atoms with E-state index < -0.39 is 0 Å². The van der Waals surface area contributed by atoms with E-state index in [0.29, 0.717) is 18.1 Å². The Balaban J connectivity index is 0.000000189. The third-order valence-corrected chi connectivity index (χ3v) is 14.6. The van der Waals surface area contributed by atoms with Crippen molar-refractivity contribution in [3.63, 3.8) is 0 Å². The molecule has 77 heavy (non-hydrogen) atoms. The van der Waals surface area contributed by atoms with Crippen LogP contribution in [0.4, 0.5) is 0 Å². The number of benzene rings is 4. The molecule has 4 aromatic heterocycles. The smallest absolute Gasteiger partial charge is 0.128 e. The molecule has 0 radical (unpaired) electrons. The molecule has 8 rings (SSSR count). The summed E-state index contributed by atoms with van der Waals surface area (Å²) in [6.07, 6.45) is 17.0. The van der Waals surface area contributed by atoms with Gasteiger partial charge in [-0.3, -0.25) is 4.90 Å². The number of aromatic nitrogens is 4. The highest BCUT2D eigenvalue weighted by molar-refractivity contribution is 5.91. The fraction of sp³-hybridized carbons (Fsp3) is 0.477. The summed E-state index contributed by atoms with van der Waals surface area (Å²) in [6, 6.07) is 26.3. The van der Waals surface area contributed by atoms with Crippen molar-refractivity contribution in [2.24, 2.45) is 0 Å². The monoisotopic (exact) mass is 1050 g/mol. The van der Waals surface area contributed by atoms with E-state index >= 15 is 0 Å². The number of nitrogens with zero attached hydrogens (tertiary/aromatic N) is 4. The molecule has 0 aliphatic rings. The van der Waals surface area contributed by atoms with E-state index in [4.69, 9.17) is 18.9 Å². The Morgan fingerprint density at radius 2 is 0.792 bits per heavy atom. The Labute approximate surface area is 462 Å². The van der Waals surface area contributed by atoms with Gasteiger partial charge in [0.1, 0.15) is 23.0 Å². The second-order valence-electron chi connectivity index (χ2n) is 20.8. The van der Waals surface area contributed by atoms with E-state index in [0.717, 1.165) is 110 Å². The third kappa shape index (κ3) is 17.2. The van der Waals surface area contributed by atoms with Gasteiger partial charge in [0.25, 0.3) is 0 Å². The minimum atomic E-state index is 0.571. The minimum absolute atomic E-state index is 0.571. The zero-order valence-corrected chi connectivity index (χ0v) is 49.6. The number of likely N-dealkylation sites (N-methyl/N-ethyl adjacent to an activating group) is 2. The van der Waals surface area contributed by atoms with Crippen molar-refractivity contribution < 1.29 is 18.9 Å². The standard InChI is InChI=1S/2C17H26N2O.C16H24N2O.C15H20N2O/c1-12(2)19(13(3)4)10-9-14-11-18-15-7-6-8-16(20-5)17(14)15;1-4-10-19(11-5-2)12-9-14-13-18-15-7-6-8-16(20-3)17(14)15;1-5-18(12(2)3)10-9-13-11-17-14-7-6-8-15(19-4)16(13)14;1-4-9-17(2)10-8-12-11-16-13-6-5-7-14(18-3)15(12)13/h6-8,11-13,18H,9-10H2,1-5H3;6-8,13,18H,4-5,9-12H2,1-3H3;6-8,11-12,17H,5,9-10H2,1-4H3;4-7,11,16H,1,8-10H2,2-3H3. The molecule has 0 spiro atoms. The summed E-state index contributed by atoms with van der Waals surface area (Å²) in [7, 11) is 9.04. The van der Waals surface area contributed by atoms with Crippen LogP contribution in [-0.2, 0) is 25.7 Å². The molecule has 0 aliphatic carbocycles. The second-order valence-corrected chi connectivity index (χ2v) is 20.8. The number of hydrogen-bond acceptors (Lipinski definition) is 8. The van der Waals surface area contributed by atoms with Gasteiger partial charge in [0, 0.05) is 119 Å². The van der Waals surface area contributed by atoms with E-state index in [2.05, 4.69) is 165 Å². The van der Waals surface area contributed by atoms with Crippen LogP contribution in [0.1, 0.15) is 97.4 Å². The normalized spacial score (nSPS) is 11.5. The number of H-pyrrole nitrogens is 4. The summed E-state index contributed by atoms with van der Waals surface area (Å²) < 4.78 is 21.9. The highest BCUT2D eigenvalue weighted by Crippen LogP contribution is 2.32. The third-order valence-electron chi connectivity index (χ3n) is 14.6. The first kappa shape index (κ1) is 61.7. The van der Waals surface area contributed by atoms with Crippen LogP contribution in [-0.4, -0.2) is 146 Å². The molecule has 0 atom stereocenters. The maximum Gasteiger partial charge on any atom is 0.128 e. The molecule has 8 aromatic rings. The maximum absolute atomic E-state index is 5.49. The van der Waals surface area contributed by atoms with Crippen LogP contribution in [0.15, 0.2) is 110 Å². The van der Waals surface area contributed by atoms with E-state index in [9.17, 15) is 0 Å². The molecule has 4 aromatic carbocycles. The molecular formula is C65H96N8O4. The van der Waals surface area contributed by atoms with Crippen LogP contribution in [0.2, 0.25) is 0 Å². The number of rotatable bonds is 26. The molecular weight excluding hydrogens is 957 g/mol. The van der Waals surface area contributed by atoms with Gasteiger partial charge in [-0.1, -0.05) is 51.1 Å². The lowest BCUT2D eigenvalue weighted by molar-refractivity contribution is 0.177. The molecule has 0 saturated carbocycles. The zero-order chi connectivity index (χ0) is 55.9. The van der Waals surface area contributed by atoms with Crippen LogP contribution in [0.3, 0.4) is 0 Å². The Hall–Kier alpha value is -6.18. The van der Waals surface area contributed by atoms with Gasteiger partial charge in [-0.2, -0.15) is 0 Å². The fourth-order valence-corrected chi connectivity index (χ4v) is 10.6. The molecule has 0 bridgehead atoms. The number of nitrogens with one attached hydrogen (secondary N) is 4. The number of aromatic amines is 4. The van der Waals surface area contributed by atoms with Crippen LogP contribution in [0.25, 0.3) is 43.6 Å². The van der Waals surface area contributed by atoms with Crippen LogP contribution < -0.4 is 18.9 Å². The van der Waals surface area contributed by atoms with E-state index in [1.54, 1.807) is 28.4 Å². The van der Waals surface area contributed by atoms with Gasteiger partial charge in [-0.15, -0.1) is 6.58 Å². The first-order chi connectivity index (χ1) is 37.3. The van der Waals surface area contributed by atoms with E-state index in [1.807, 2.05) is 54.6 Å². The predicted octanol–water partition coefficient (Wildman–Crippen LogP) is 14.0. The summed E-state index contributed by atoms with van der Waals surface area (Å²) in [4.78, 5) is 23.1. The maximum atomic E-state index is 5.49. The fourth-order valence-electron chi connectivity index (χ4n) is 10.6. The number of methoxy groups -OCH3 is 4. The molecule has 0 saturated heterocycles.